The van der Waals surface area contributed by atoms with Crippen LogP contribution in [-0.4, -0.2) is 23.3 Å². The molecule has 5 rings (SSSR count). The maximum Gasteiger partial charge on any atom is 0.241 e. The highest BCUT2D eigenvalue weighted by atomic mass is 35.5. The van der Waals surface area contributed by atoms with Crippen LogP contribution in [0.4, 0.5) is 0 Å². The molecule has 0 N–H and O–H groups in total. The molecule has 4 unspecified atom stereocenters. The SMILES string of the molecule is CCN1C(=O)C2C3C=CC(CC3)C2(c2ccc(Cl)c(Cl)c2)C1=O. The zero-order valence-corrected chi connectivity index (χ0v) is 14.3. The molecule has 120 valence electrons. The summed E-state index contributed by atoms with van der Waals surface area (Å²) in [6.07, 6.45) is 6.14. The van der Waals surface area contributed by atoms with Crippen LogP contribution >= 0.6 is 23.2 Å². The Kier molecular flexibility index (Phi) is 3.37. The van der Waals surface area contributed by atoms with E-state index in [4.69, 9.17) is 23.2 Å². The van der Waals surface area contributed by atoms with Gasteiger partial charge in [0, 0.05) is 6.54 Å². The average molecular weight is 350 g/mol. The fourth-order valence-electron chi connectivity index (χ4n) is 4.80. The summed E-state index contributed by atoms with van der Waals surface area (Å²) in [4.78, 5) is 27.6. The van der Waals surface area contributed by atoms with E-state index in [9.17, 15) is 9.59 Å². The lowest BCUT2D eigenvalue weighted by molar-refractivity contribution is -0.140. The van der Waals surface area contributed by atoms with Crippen LogP contribution < -0.4 is 0 Å². The van der Waals surface area contributed by atoms with Crippen LogP contribution in [0.15, 0.2) is 30.4 Å². The first-order valence-corrected chi connectivity index (χ1v) is 8.77. The predicted molar refractivity (Wildman–Crippen MR) is 89.4 cm³/mol. The standard InChI is InChI=1S/C18H17Cl2NO2/c1-2-21-16(22)15-10-3-5-11(6-4-10)18(15,17(21)23)12-7-8-13(19)14(20)9-12/h3,5,7-11,15H,2,4,6H2,1H3. The number of allylic oxidation sites excluding steroid dienone is 2. The summed E-state index contributed by atoms with van der Waals surface area (Å²) in [6.45, 7) is 2.27. The molecule has 4 atom stereocenters. The van der Waals surface area contributed by atoms with Crippen LogP contribution in [0, 0.1) is 17.8 Å². The molecule has 1 aromatic rings. The molecule has 3 nitrogen and oxygen atoms in total. The number of hydrogen-bond donors (Lipinski definition) is 0. The largest absolute Gasteiger partial charge is 0.282 e. The average Bonchev–Trinajstić information content (AvgIpc) is 2.81. The first-order valence-electron chi connectivity index (χ1n) is 8.01. The molecule has 0 radical (unpaired) electrons. The highest BCUT2D eigenvalue weighted by Crippen LogP contribution is 2.59. The Morgan fingerprint density at radius 1 is 1.17 bits per heavy atom. The molecule has 1 saturated carbocycles. The zero-order valence-electron chi connectivity index (χ0n) is 12.8. The van der Waals surface area contributed by atoms with Gasteiger partial charge in [-0.2, -0.15) is 0 Å². The minimum Gasteiger partial charge on any atom is -0.282 e. The lowest BCUT2D eigenvalue weighted by atomic mass is 9.51. The molecule has 1 aromatic carbocycles. The van der Waals surface area contributed by atoms with Crippen molar-refractivity contribution in [2.24, 2.45) is 17.8 Å². The number of halogens is 2. The van der Waals surface area contributed by atoms with E-state index in [1.54, 1.807) is 12.1 Å². The van der Waals surface area contributed by atoms with Crippen LogP contribution in [0.5, 0.6) is 0 Å². The van der Waals surface area contributed by atoms with Gasteiger partial charge >= 0.3 is 0 Å². The van der Waals surface area contributed by atoms with E-state index in [2.05, 4.69) is 12.2 Å². The predicted octanol–water partition coefficient (Wildman–Crippen LogP) is 3.83. The number of nitrogens with zero attached hydrogens (tertiary/aromatic N) is 1. The Bertz CT molecular complexity index is 745. The number of carbonyl (C=O) groups excluding carboxylic acids is 2. The van der Waals surface area contributed by atoms with E-state index in [1.165, 1.54) is 4.90 Å². The fourth-order valence-corrected chi connectivity index (χ4v) is 5.10. The third-order valence-corrected chi connectivity index (χ3v) is 6.49. The van der Waals surface area contributed by atoms with Crippen molar-refractivity contribution in [1.29, 1.82) is 0 Å². The number of rotatable bonds is 2. The van der Waals surface area contributed by atoms with Crippen molar-refractivity contribution in [1.82, 2.24) is 4.90 Å². The molecule has 0 aromatic heterocycles. The summed E-state index contributed by atoms with van der Waals surface area (Å²) in [5.74, 6) is -0.254. The summed E-state index contributed by atoms with van der Waals surface area (Å²) in [6, 6.07) is 5.36. The fraction of sp³-hybridized carbons (Fsp3) is 0.444. The minimum atomic E-state index is -0.807. The molecule has 4 aliphatic rings. The van der Waals surface area contributed by atoms with Crippen molar-refractivity contribution in [3.8, 4) is 0 Å². The molecule has 2 fully saturated rings. The molecule has 23 heavy (non-hydrogen) atoms. The molecular weight excluding hydrogens is 333 g/mol. The quantitative estimate of drug-likeness (QED) is 0.601. The van der Waals surface area contributed by atoms with Gasteiger partial charge in [0.1, 0.15) is 0 Å². The summed E-state index contributed by atoms with van der Waals surface area (Å²) in [5.41, 5.74) is 0.0177. The molecule has 5 heteroatoms. The Balaban J connectivity index is 1.97. The Morgan fingerprint density at radius 3 is 2.57 bits per heavy atom. The summed E-state index contributed by atoms with van der Waals surface area (Å²) >= 11 is 12.3. The van der Waals surface area contributed by atoms with E-state index in [-0.39, 0.29) is 29.6 Å². The van der Waals surface area contributed by atoms with Crippen LogP contribution in [-0.2, 0) is 15.0 Å². The Morgan fingerprint density at radius 2 is 1.96 bits per heavy atom. The van der Waals surface area contributed by atoms with Crippen molar-refractivity contribution in [3.05, 3.63) is 46.0 Å². The van der Waals surface area contributed by atoms with Crippen LogP contribution in [0.3, 0.4) is 0 Å². The van der Waals surface area contributed by atoms with Crippen LogP contribution in [0.25, 0.3) is 0 Å². The molecule has 1 heterocycles. The summed E-state index contributed by atoms with van der Waals surface area (Å²) in [5, 5.41) is 0.891. The third kappa shape index (κ3) is 1.78. The number of hydrogen-bond acceptors (Lipinski definition) is 2. The summed E-state index contributed by atoms with van der Waals surface area (Å²) < 4.78 is 0. The van der Waals surface area contributed by atoms with E-state index < -0.39 is 5.41 Å². The van der Waals surface area contributed by atoms with E-state index in [0.29, 0.717) is 16.6 Å². The van der Waals surface area contributed by atoms with Crippen molar-refractivity contribution in [3.63, 3.8) is 0 Å². The van der Waals surface area contributed by atoms with E-state index in [1.807, 2.05) is 13.0 Å². The molecule has 1 aliphatic heterocycles. The normalized spacial score (nSPS) is 35.1. The number of benzene rings is 1. The van der Waals surface area contributed by atoms with Crippen molar-refractivity contribution in [2.45, 2.75) is 25.2 Å². The lowest BCUT2D eigenvalue weighted by Gasteiger charge is -2.48. The first-order chi connectivity index (χ1) is 11.0. The molecule has 2 bridgehead atoms. The second kappa shape index (κ2) is 5.09. The van der Waals surface area contributed by atoms with Gasteiger partial charge < -0.3 is 0 Å². The van der Waals surface area contributed by atoms with Gasteiger partial charge in [-0.15, -0.1) is 0 Å². The maximum atomic E-state index is 13.3. The maximum absolute atomic E-state index is 13.3. The molecular formula is C18H17Cl2NO2. The second-order valence-corrected chi connectivity index (χ2v) is 7.41. The summed E-state index contributed by atoms with van der Waals surface area (Å²) in [7, 11) is 0. The van der Waals surface area contributed by atoms with E-state index >= 15 is 0 Å². The molecule has 2 amide bonds. The Hall–Kier alpha value is -1.32. The number of fused-ring (bicyclic) bond motifs is 1. The molecule has 1 saturated heterocycles. The highest BCUT2D eigenvalue weighted by Gasteiger charge is 2.67. The van der Waals surface area contributed by atoms with Gasteiger partial charge in [0.15, 0.2) is 0 Å². The van der Waals surface area contributed by atoms with Crippen LogP contribution in [0.1, 0.15) is 25.3 Å². The highest BCUT2D eigenvalue weighted by molar-refractivity contribution is 6.42. The topological polar surface area (TPSA) is 37.4 Å². The van der Waals surface area contributed by atoms with Crippen molar-refractivity contribution >= 4 is 35.0 Å². The van der Waals surface area contributed by atoms with Gasteiger partial charge in [-0.1, -0.05) is 41.4 Å². The van der Waals surface area contributed by atoms with Gasteiger partial charge in [0.05, 0.1) is 21.4 Å². The van der Waals surface area contributed by atoms with Gasteiger partial charge in [-0.3, -0.25) is 14.5 Å². The second-order valence-electron chi connectivity index (χ2n) is 6.60. The van der Waals surface area contributed by atoms with Gasteiger partial charge in [0.25, 0.3) is 0 Å². The minimum absolute atomic E-state index is 0.0392. The Labute approximate surface area is 145 Å². The van der Waals surface area contributed by atoms with Crippen molar-refractivity contribution < 1.29 is 9.59 Å². The number of likely N-dealkylation sites (tertiary alicyclic amines) is 1. The monoisotopic (exact) mass is 349 g/mol. The van der Waals surface area contributed by atoms with Crippen LogP contribution in [0.2, 0.25) is 10.0 Å². The van der Waals surface area contributed by atoms with E-state index in [0.717, 1.165) is 18.4 Å². The number of amides is 2. The zero-order chi connectivity index (χ0) is 16.4. The van der Waals surface area contributed by atoms with Crippen molar-refractivity contribution in [2.75, 3.05) is 6.54 Å². The number of carbonyl (C=O) groups is 2. The third-order valence-electron chi connectivity index (χ3n) is 5.75. The lowest BCUT2D eigenvalue weighted by Crippen LogP contribution is -2.53. The first kappa shape index (κ1) is 15.2. The van der Waals surface area contributed by atoms with Gasteiger partial charge in [0.2, 0.25) is 11.8 Å². The van der Waals surface area contributed by atoms with Gasteiger partial charge in [-0.05, 0) is 49.3 Å². The van der Waals surface area contributed by atoms with Gasteiger partial charge in [-0.25, -0.2) is 0 Å². The number of imide groups is 1. The number of likely N-dealkylation sites (N-methyl/N-ethyl adjacent to an activating group) is 1. The molecule has 0 spiro atoms. The smallest absolute Gasteiger partial charge is 0.241 e. The molecule has 3 aliphatic carbocycles.